The number of benzene rings is 2. The third kappa shape index (κ3) is 5.09. The molecule has 9 heteroatoms. The summed E-state index contributed by atoms with van der Waals surface area (Å²) in [7, 11) is 0. The van der Waals surface area contributed by atoms with Gasteiger partial charge in [0, 0.05) is 6.20 Å². The first kappa shape index (κ1) is 24.1. The van der Waals surface area contributed by atoms with Gasteiger partial charge in [-0.2, -0.15) is 0 Å². The van der Waals surface area contributed by atoms with Crippen LogP contribution in [0.4, 0.5) is 0 Å². The summed E-state index contributed by atoms with van der Waals surface area (Å²) in [6, 6.07) is 18.7. The normalized spacial score (nSPS) is 21.9. The highest BCUT2D eigenvalue weighted by atomic mass is 79.9. The Hall–Kier alpha value is -1.58. The van der Waals surface area contributed by atoms with Gasteiger partial charge in [0.1, 0.15) is 16.7 Å². The molecule has 1 saturated heterocycles. The number of carbonyl (C=O) groups is 2. The molecule has 2 aliphatic rings. The summed E-state index contributed by atoms with van der Waals surface area (Å²) < 4.78 is 6.70. The smallest absolute Gasteiger partial charge is 0.324 e. The van der Waals surface area contributed by atoms with Crippen LogP contribution in [0, 0.1) is 0 Å². The molecule has 0 aliphatic carbocycles. The fourth-order valence-electron chi connectivity index (χ4n) is 3.44. The topological polar surface area (TPSA) is 72.6 Å². The molecule has 2 heterocycles. The molecule has 0 saturated carbocycles. The largest absolute Gasteiger partial charge is 0.451 e. The summed E-state index contributed by atoms with van der Waals surface area (Å²) in [5.74, 6) is -0.532. The maximum Gasteiger partial charge on any atom is 0.324 e. The van der Waals surface area contributed by atoms with Crippen LogP contribution in [0.5, 0.6) is 0 Å². The summed E-state index contributed by atoms with van der Waals surface area (Å²) in [6.45, 7) is 0. The van der Waals surface area contributed by atoms with E-state index in [2.05, 4.69) is 31.9 Å². The van der Waals surface area contributed by atoms with Gasteiger partial charge in [-0.3, -0.25) is 9.59 Å². The fraction of sp³-hybridized carbons (Fsp3) is 0.182. The van der Waals surface area contributed by atoms with Crippen LogP contribution in [-0.4, -0.2) is 33.4 Å². The summed E-state index contributed by atoms with van der Waals surface area (Å²) >= 11 is 8.01. The second-order valence-electron chi connectivity index (χ2n) is 6.88. The number of nitrogens with zero attached hydrogens (tertiary/aromatic N) is 1. The predicted octanol–water partition coefficient (Wildman–Crippen LogP) is 4.87. The molecule has 3 atom stereocenters. The third-order valence-electron chi connectivity index (χ3n) is 4.92. The molecule has 0 spiro atoms. The van der Waals surface area contributed by atoms with Gasteiger partial charge in [0.15, 0.2) is 6.10 Å². The fourth-order valence-corrected chi connectivity index (χ4v) is 5.28. The first-order valence-corrected chi connectivity index (χ1v) is 11.8. The number of rotatable bonds is 5. The number of thioether (sulfide) groups is 1. The van der Waals surface area contributed by atoms with Crippen LogP contribution in [0.3, 0.4) is 0 Å². The van der Waals surface area contributed by atoms with E-state index in [0.29, 0.717) is 8.96 Å². The molecule has 2 unspecified atom stereocenters. The molecule has 5 nitrogen and oxygen atoms in total. The number of halogens is 3. The highest BCUT2D eigenvalue weighted by Crippen LogP contribution is 2.42. The van der Waals surface area contributed by atoms with Gasteiger partial charge >= 0.3 is 5.97 Å². The number of β-lactam (4-membered cyclic amide) rings is 1. The maximum atomic E-state index is 13.3. The Bertz CT molecular complexity index is 976. The Morgan fingerprint density at radius 1 is 1.06 bits per heavy atom. The van der Waals surface area contributed by atoms with Crippen molar-refractivity contribution in [3.63, 3.8) is 0 Å². The van der Waals surface area contributed by atoms with Crippen molar-refractivity contribution < 1.29 is 14.3 Å². The zero-order chi connectivity index (χ0) is 21.3. The molecule has 1 amide bonds. The van der Waals surface area contributed by atoms with Crippen LogP contribution in [0.1, 0.15) is 17.2 Å². The number of nitrogens with two attached hydrogens (primary N) is 1. The van der Waals surface area contributed by atoms with E-state index in [1.165, 1.54) is 11.8 Å². The SMILES string of the molecule is Cl.NC1C(=O)N2C=C(C=C(Br)Br)C(C(=O)OC(c3ccccc3)c3ccccc3)S[C@H]12. The van der Waals surface area contributed by atoms with E-state index in [-0.39, 0.29) is 29.7 Å². The van der Waals surface area contributed by atoms with Crippen LogP contribution in [0.25, 0.3) is 0 Å². The lowest BCUT2D eigenvalue weighted by atomic mass is 10.0. The highest BCUT2D eigenvalue weighted by molar-refractivity contribution is 9.28. The van der Waals surface area contributed by atoms with Crippen molar-refractivity contribution in [3.05, 3.63) is 93.0 Å². The van der Waals surface area contributed by atoms with E-state index in [1.807, 2.05) is 60.7 Å². The Balaban J connectivity index is 0.00000272. The highest BCUT2D eigenvalue weighted by Gasteiger charge is 2.50. The van der Waals surface area contributed by atoms with Crippen molar-refractivity contribution in [1.29, 1.82) is 0 Å². The van der Waals surface area contributed by atoms with Crippen molar-refractivity contribution in [2.75, 3.05) is 0 Å². The second kappa shape index (κ2) is 10.4. The Kier molecular flexibility index (Phi) is 8.04. The van der Waals surface area contributed by atoms with Gasteiger partial charge in [0.05, 0.1) is 3.39 Å². The number of hydrogen-bond donors (Lipinski definition) is 1. The zero-order valence-electron chi connectivity index (χ0n) is 16.1. The summed E-state index contributed by atoms with van der Waals surface area (Å²) in [6.07, 6.45) is 2.90. The number of amides is 1. The molecule has 162 valence electrons. The number of carbonyl (C=O) groups excluding carboxylic acids is 2. The summed E-state index contributed by atoms with van der Waals surface area (Å²) in [4.78, 5) is 26.9. The summed E-state index contributed by atoms with van der Waals surface area (Å²) in [5, 5.41) is -0.876. The molecule has 4 rings (SSSR count). The number of allylic oxidation sites excluding steroid dienone is 1. The molecule has 2 N–H and O–H groups in total. The standard InChI is InChI=1S/C22H18Br2N2O3S.ClH/c23-16(24)11-15-12-26-20(27)17(25)21(26)30-19(15)22(28)29-18(13-7-3-1-4-8-13)14-9-5-2-6-10-14;/h1-12,17-19,21H,25H2;1H/t17?,19?,21-;/m1./s1. The number of esters is 1. The summed E-state index contributed by atoms with van der Waals surface area (Å²) in [5.41, 5.74) is 8.37. The maximum absolute atomic E-state index is 13.3. The van der Waals surface area contributed by atoms with E-state index in [9.17, 15) is 9.59 Å². The Labute approximate surface area is 207 Å². The second-order valence-corrected chi connectivity index (χ2v) is 10.9. The molecule has 2 aromatic rings. The van der Waals surface area contributed by atoms with Crippen LogP contribution < -0.4 is 5.73 Å². The van der Waals surface area contributed by atoms with Crippen molar-refractivity contribution in [2.24, 2.45) is 5.73 Å². The Morgan fingerprint density at radius 2 is 1.61 bits per heavy atom. The molecule has 2 aliphatic heterocycles. The molecule has 31 heavy (non-hydrogen) atoms. The minimum atomic E-state index is -0.612. The van der Waals surface area contributed by atoms with Gasteiger partial charge in [0.25, 0.3) is 0 Å². The van der Waals surface area contributed by atoms with E-state index in [1.54, 1.807) is 17.2 Å². The van der Waals surface area contributed by atoms with Gasteiger partial charge in [0.2, 0.25) is 5.91 Å². The quantitative estimate of drug-likeness (QED) is 0.400. The lowest BCUT2D eigenvalue weighted by Crippen LogP contribution is -2.67. The van der Waals surface area contributed by atoms with Crippen molar-refractivity contribution in [3.8, 4) is 0 Å². The number of ether oxygens (including phenoxy) is 1. The van der Waals surface area contributed by atoms with Gasteiger partial charge < -0.3 is 15.4 Å². The molecule has 2 aromatic carbocycles. The number of fused-ring (bicyclic) bond motifs is 1. The van der Waals surface area contributed by atoms with Crippen LogP contribution in [0.2, 0.25) is 0 Å². The zero-order valence-corrected chi connectivity index (χ0v) is 20.9. The average molecular weight is 587 g/mol. The van der Waals surface area contributed by atoms with E-state index in [0.717, 1.165) is 11.1 Å². The molecule has 0 aromatic heterocycles. The third-order valence-corrected chi connectivity index (χ3v) is 6.91. The minimum absolute atomic E-state index is 0. The molecule has 1 fully saturated rings. The predicted molar refractivity (Wildman–Crippen MR) is 132 cm³/mol. The van der Waals surface area contributed by atoms with E-state index in [4.69, 9.17) is 10.5 Å². The van der Waals surface area contributed by atoms with Gasteiger partial charge in [-0.25, -0.2) is 0 Å². The van der Waals surface area contributed by atoms with Crippen LogP contribution in [0.15, 0.2) is 81.9 Å². The Morgan fingerprint density at radius 3 is 2.13 bits per heavy atom. The van der Waals surface area contributed by atoms with Crippen LogP contribution >= 0.6 is 56.0 Å². The molecular formula is C22H19Br2ClN2O3S. The van der Waals surface area contributed by atoms with Gasteiger partial charge in [-0.15, -0.1) is 24.2 Å². The molecule has 0 radical (unpaired) electrons. The molecule has 0 bridgehead atoms. The monoisotopic (exact) mass is 584 g/mol. The average Bonchev–Trinajstić information content (AvgIpc) is 2.77. The molecular weight excluding hydrogens is 568 g/mol. The van der Waals surface area contributed by atoms with E-state index >= 15 is 0 Å². The van der Waals surface area contributed by atoms with Gasteiger partial charge in [-0.1, -0.05) is 60.7 Å². The lowest BCUT2D eigenvalue weighted by molar-refractivity contribution is -0.147. The van der Waals surface area contributed by atoms with Crippen LogP contribution in [-0.2, 0) is 14.3 Å². The minimum Gasteiger partial charge on any atom is -0.451 e. The number of hydrogen-bond acceptors (Lipinski definition) is 5. The first-order chi connectivity index (χ1) is 14.5. The van der Waals surface area contributed by atoms with Gasteiger partial charge in [-0.05, 0) is 54.6 Å². The van der Waals surface area contributed by atoms with E-state index < -0.39 is 17.4 Å². The van der Waals surface area contributed by atoms with Crippen molar-refractivity contribution in [1.82, 2.24) is 4.90 Å². The van der Waals surface area contributed by atoms with Crippen molar-refractivity contribution >= 4 is 67.9 Å². The lowest BCUT2D eigenvalue weighted by Gasteiger charge is -2.47. The first-order valence-electron chi connectivity index (χ1n) is 9.23. The van der Waals surface area contributed by atoms with Crippen molar-refractivity contribution in [2.45, 2.75) is 22.8 Å².